The lowest BCUT2D eigenvalue weighted by Crippen LogP contribution is -2.23. The smallest absolute Gasteiger partial charge is 0.307 e. The van der Waals surface area contributed by atoms with Crippen LogP contribution in [0, 0.1) is 0 Å². The maximum absolute atomic E-state index is 13.0. The fraction of sp³-hybridized carbons (Fsp3) is 0.385. The molecule has 0 saturated carbocycles. The molecule has 0 radical (unpaired) electrons. The summed E-state index contributed by atoms with van der Waals surface area (Å²) in [6.45, 7) is 6.19. The van der Waals surface area contributed by atoms with E-state index in [9.17, 15) is 13.2 Å². The van der Waals surface area contributed by atoms with Crippen LogP contribution < -0.4 is 5.32 Å². The van der Waals surface area contributed by atoms with Crippen molar-refractivity contribution in [1.29, 1.82) is 0 Å². The number of benzene rings is 1. The van der Waals surface area contributed by atoms with E-state index in [1.54, 1.807) is 6.07 Å². The summed E-state index contributed by atoms with van der Waals surface area (Å²) in [6.07, 6.45) is -2.02. The molecule has 100 valence electrons. The van der Waals surface area contributed by atoms with Crippen LogP contribution in [0.25, 0.3) is 0 Å². The van der Waals surface area contributed by atoms with E-state index in [0.29, 0.717) is 11.0 Å². The molecule has 1 aromatic rings. The minimum absolute atomic E-state index is 0.203. The van der Waals surface area contributed by atoms with E-state index in [-0.39, 0.29) is 5.56 Å². The lowest BCUT2D eigenvalue weighted by molar-refractivity contribution is -0.138. The quantitative estimate of drug-likeness (QED) is 0.775. The molecule has 0 aliphatic heterocycles. The van der Waals surface area contributed by atoms with Gasteiger partial charge in [0.1, 0.15) is 0 Å². The van der Waals surface area contributed by atoms with E-state index >= 15 is 0 Å². The van der Waals surface area contributed by atoms with Gasteiger partial charge in [0.15, 0.2) is 0 Å². The van der Waals surface area contributed by atoms with Gasteiger partial charge in [-0.3, -0.25) is 0 Å². The first-order valence-electron chi connectivity index (χ1n) is 5.62. The second kappa shape index (κ2) is 6.38. The molecule has 0 heterocycles. The molecule has 0 saturated heterocycles. The van der Waals surface area contributed by atoms with Crippen LogP contribution in [0.2, 0.25) is 0 Å². The van der Waals surface area contributed by atoms with E-state index in [1.165, 1.54) is 12.1 Å². The van der Waals surface area contributed by atoms with Gasteiger partial charge in [-0.1, -0.05) is 35.0 Å². The van der Waals surface area contributed by atoms with E-state index < -0.39 is 17.8 Å². The highest BCUT2D eigenvalue weighted by atomic mass is 79.9. The van der Waals surface area contributed by atoms with Crippen molar-refractivity contribution in [1.82, 2.24) is 5.32 Å². The molecular formula is C13H15BrF3N. The molecule has 1 aromatic carbocycles. The summed E-state index contributed by atoms with van der Waals surface area (Å²) in [5.41, 5.74) is -0.431. The average molecular weight is 322 g/mol. The topological polar surface area (TPSA) is 12.0 Å². The van der Waals surface area contributed by atoms with Crippen molar-refractivity contribution >= 4 is 15.9 Å². The van der Waals surface area contributed by atoms with Crippen LogP contribution in [0.15, 0.2) is 35.3 Å². The zero-order valence-electron chi connectivity index (χ0n) is 10.0. The number of hydrogen-bond donors (Lipinski definition) is 1. The summed E-state index contributed by atoms with van der Waals surface area (Å²) in [7, 11) is 0. The molecule has 0 aliphatic rings. The molecule has 0 amide bonds. The van der Waals surface area contributed by atoms with E-state index in [0.717, 1.165) is 12.5 Å². The van der Waals surface area contributed by atoms with Crippen LogP contribution in [0.3, 0.4) is 0 Å². The van der Waals surface area contributed by atoms with Crippen molar-refractivity contribution in [2.24, 2.45) is 0 Å². The predicted molar refractivity (Wildman–Crippen MR) is 70.4 cm³/mol. The van der Waals surface area contributed by atoms with Crippen molar-refractivity contribution in [3.8, 4) is 0 Å². The number of rotatable bonds is 5. The second-order valence-corrected chi connectivity index (χ2v) is 4.81. The van der Waals surface area contributed by atoms with Crippen LogP contribution in [0.5, 0.6) is 0 Å². The maximum Gasteiger partial charge on any atom is 0.416 e. The van der Waals surface area contributed by atoms with Crippen LogP contribution in [-0.2, 0) is 6.18 Å². The molecule has 1 nitrogen and oxygen atoms in total. The van der Waals surface area contributed by atoms with Crippen LogP contribution in [0.4, 0.5) is 13.2 Å². The maximum atomic E-state index is 13.0. The molecular weight excluding hydrogens is 307 g/mol. The zero-order valence-corrected chi connectivity index (χ0v) is 11.6. The third kappa shape index (κ3) is 3.85. The summed E-state index contributed by atoms with van der Waals surface area (Å²) < 4.78 is 39.3. The van der Waals surface area contributed by atoms with Crippen LogP contribution in [0.1, 0.15) is 30.5 Å². The van der Waals surface area contributed by atoms with E-state index in [1.807, 2.05) is 6.92 Å². The lowest BCUT2D eigenvalue weighted by Gasteiger charge is -2.20. The van der Waals surface area contributed by atoms with Crippen molar-refractivity contribution in [3.05, 3.63) is 46.5 Å². The molecule has 0 fully saturated rings. The summed E-state index contributed by atoms with van der Waals surface area (Å²) in [5, 5.41) is 3.03. The van der Waals surface area contributed by atoms with Gasteiger partial charge in [-0.15, -0.1) is 6.58 Å². The molecule has 1 unspecified atom stereocenters. The van der Waals surface area contributed by atoms with Gasteiger partial charge in [-0.25, -0.2) is 0 Å². The minimum atomic E-state index is -4.37. The monoisotopic (exact) mass is 321 g/mol. The largest absolute Gasteiger partial charge is 0.416 e. The van der Waals surface area contributed by atoms with Crippen molar-refractivity contribution in [3.63, 3.8) is 0 Å². The second-order valence-electron chi connectivity index (χ2n) is 3.90. The Morgan fingerprint density at radius 1 is 1.44 bits per heavy atom. The number of hydrogen-bond acceptors (Lipinski definition) is 1. The Hall–Kier alpha value is -0.810. The first-order valence-corrected chi connectivity index (χ1v) is 6.42. The third-order valence-corrected chi connectivity index (χ3v) is 3.00. The predicted octanol–water partition coefficient (Wildman–Crippen LogP) is 4.69. The standard InChI is InChI=1S/C13H15BrF3N/c1-3-7-18-12(4-2)10-6-5-9(14)8-11(10)13(15,16)17/h4-6,8,12,18H,2-3,7H2,1H3. The third-order valence-electron chi connectivity index (χ3n) is 2.51. The van der Waals surface area contributed by atoms with Crippen LogP contribution in [-0.4, -0.2) is 6.54 Å². The Labute approximate surface area is 113 Å². The zero-order chi connectivity index (χ0) is 13.8. The van der Waals surface area contributed by atoms with Crippen molar-refractivity contribution in [2.45, 2.75) is 25.6 Å². The average Bonchev–Trinajstić information content (AvgIpc) is 2.30. The molecule has 18 heavy (non-hydrogen) atoms. The van der Waals surface area contributed by atoms with Crippen molar-refractivity contribution in [2.75, 3.05) is 6.54 Å². The van der Waals surface area contributed by atoms with Gasteiger partial charge in [-0.05, 0) is 30.7 Å². The fourth-order valence-electron chi connectivity index (χ4n) is 1.67. The molecule has 1 atom stereocenters. The van der Waals surface area contributed by atoms with Crippen molar-refractivity contribution < 1.29 is 13.2 Å². The first-order chi connectivity index (χ1) is 8.40. The summed E-state index contributed by atoms with van der Waals surface area (Å²) in [6, 6.07) is 3.69. The highest BCUT2D eigenvalue weighted by molar-refractivity contribution is 9.10. The number of alkyl halides is 3. The molecule has 5 heteroatoms. The Balaban J connectivity index is 3.17. The molecule has 0 aromatic heterocycles. The van der Waals surface area contributed by atoms with E-state index in [4.69, 9.17) is 0 Å². The molecule has 1 N–H and O–H groups in total. The number of halogens is 4. The molecule has 0 aliphatic carbocycles. The summed E-state index contributed by atoms with van der Waals surface area (Å²) in [5.74, 6) is 0. The Bertz CT molecular complexity index is 415. The molecule has 1 rings (SSSR count). The summed E-state index contributed by atoms with van der Waals surface area (Å²) >= 11 is 3.07. The van der Waals surface area contributed by atoms with Gasteiger partial charge in [0.25, 0.3) is 0 Å². The van der Waals surface area contributed by atoms with Gasteiger partial charge in [0.05, 0.1) is 11.6 Å². The van der Waals surface area contributed by atoms with Gasteiger partial charge in [-0.2, -0.15) is 13.2 Å². The van der Waals surface area contributed by atoms with Gasteiger partial charge in [0.2, 0.25) is 0 Å². The Morgan fingerprint density at radius 2 is 2.11 bits per heavy atom. The fourth-order valence-corrected chi connectivity index (χ4v) is 2.03. The van der Waals surface area contributed by atoms with Gasteiger partial charge < -0.3 is 5.32 Å². The minimum Gasteiger partial charge on any atom is -0.307 e. The number of nitrogens with one attached hydrogen (secondary N) is 1. The highest BCUT2D eigenvalue weighted by Crippen LogP contribution is 2.36. The summed E-state index contributed by atoms with van der Waals surface area (Å²) in [4.78, 5) is 0. The molecule has 0 spiro atoms. The SMILES string of the molecule is C=CC(NCCC)c1ccc(Br)cc1C(F)(F)F. The highest BCUT2D eigenvalue weighted by Gasteiger charge is 2.34. The Kier molecular flexibility index (Phi) is 5.41. The van der Waals surface area contributed by atoms with Gasteiger partial charge in [0, 0.05) is 4.47 Å². The Morgan fingerprint density at radius 3 is 2.61 bits per heavy atom. The first kappa shape index (κ1) is 15.2. The van der Waals surface area contributed by atoms with Gasteiger partial charge >= 0.3 is 6.18 Å². The van der Waals surface area contributed by atoms with E-state index in [2.05, 4.69) is 27.8 Å². The normalized spacial score (nSPS) is 13.4. The molecule has 0 bridgehead atoms. The van der Waals surface area contributed by atoms with Crippen LogP contribution >= 0.6 is 15.9 Å². The lowest BCUT2D eigenvalue weighted by atomic mass is 9.99.